The molecule has 0 spiro atoms. The van der Waals surface area contributed by atoms with E-state index in [1.807, 2.05) is 84.9 Å². The van der Waals surface area contributed by atoms with Gasteiger partial charge < -0.3 is 34.3 Å². The Morgan fingerprint density at radius 2 is 1.61 bits per heavy atom. The number of fused-ring (bicyclic) bond motifs is 4. The Morgan fingerprint density at radius 1 is 0.965 bits per heavy atom. The van der Waals surface area contributed by atoms with Gasteiger partial charge in [0.25, 0.3) is 0 Å². The van der Waals surface area contributed by atoms with Crippen LogP contribution in [-0.4, -0.2) is 100 Å². The van der Waals surface area contributed by atoms with Gasteiger partial charge in [-0.05, 0) is 74.3 Å². The Bertz CT molecular complexity index is 1960. The second-order valence-corrected chi connectivity index (χ2v) is 17.7. The summed E-state index contributed by atoms with van der Waals surface area (Å²) in [6.45, 7) is 5.39. The molecule has 3 aromatic rings. The summed E-state index contributed by atoms with van der Waals surface area (Å²) in [7, 11) is 0. The lowest BCUT2D eigenvalue weighted by Crippen LogP contribution is -2.70. The normalized spacial score (nSPS) is 29.4. The average Bonchev–Trinajstić information content (AvgIpc) is 3.94. The Morgan fingerprint density at radius 3 is 2.26 bits per heavy atom. The van der Waals surface area contributed by atoms with Crippen LogP contribution in [-0.2, 0) is 55.3 Å². The van der Waals surface area contributed by atoms with Crippen molar-refractivity contribution in [2.24, 2.45) is 5.41 Å². The number of hydroxylamine groups is 2. The summed E-state index contributed by atoms with van der Waals surface area (Å²) < 4.78 is 26.7. The van der Waals surface area contributed by atoms with Crippen LogP contribution in [0.25, 0.3) is 0 Å². The predicted octanol–water partition coefficient (Wildman–Crippen LogP) is 4.37. The first-order valence-corrected chi connectivity index (χ1v) is 20.7. The number of ether oxygens (including phenoxy) is 4. The van der Waals surface area contributed by atoms with Crippen LogP contribution in [0, 0.1) is 8.99 Å². The van der Waals surface area contributed by atoms with Crippen molar-refractivity contribution in [1.29, 1.82) is 0 Å². The molecule has 1 saturated carbocycles. The van der Waals surface area contributed by atoms with Gasteiger partial charge in [0.1, 0.15) is 41.5 Å². The summed E-state index contributed by atoms with van der Waals surface area (Å²) in [5, 5.41) is 14.6. The molecule has 302 valence electrons. The zero-order valence-electron chi connectivity index (χ0n) is 32.2. The summed E-state index contributed by atoms with van der Waals surface area (Å²) in [6, 6.07) is 24.1. The first-order chi connectivity index (χ1) is 27.3. The van der Waals surface area contributed by atoms with Crippen molar-refractivity contribution in [1.82, 2.24) is 15.3 Å². The molecule has 4 saturated heterocycles. The largest absolute Gasteiger partial charge is 0.460 e. The van der Waals surface area contributed by atoms with E-state index in [1.165, 1.54) is 0 Å². The topological polar surface area (TPSA) is 153 Å². The van der Waals surface area contributed by atoms with Gasteiger partial charge >= 0.3 is 11.9 Å². The third-order valence-electron chi connectivity index (χ3n) is 11.6. The summed E-state index contributed by atoms with van der Waals surface area (Å²) in [4.78, 5) is 64.8. The summed E-state index contributed by atoms with van der Waals surface area (Å²) in [5.74, 6) is -3.28. The Hall–Kier alpha value is -3.93. The second-order valence-electron chi connectivity index (χ2n) is 16.5. The highest BCUT2D eigenvalue weighted by Gasteiger charge is 2.77. The standard InChI is InChI=1S/C43H48IN3O10/c1-41(2,3)54-33(49)21-20-29(25-48)45-38(50)31-19-12-22-46(31)40(52)42-23-32-34-35(56-43(55-34,27-14-6-4-7-15-27)28-16-8-5-9-17-28)37(42)57-47(36(42)39(51)53-32)24-26-13-10-11-18-30(26)44/h4-11,13-18,29,31-32,34-37,48H,12,19-25H2,1-3H3,(H,45,50)/t29-,31+,32+,34-,35-,36-,37+,42-/m0/s1. The van der Waals surface area contributed by atoms with E-state index in [0.29, 0.717) is 12.8 Å². The molecule has 5 fully saturated rings. The molecule has 8 rings (SSSR count). The first-order valence-electron chi connectivity index (χ1n) is 19.6. The zero-order chi connectivity index (χ0) is 40.1. The Labute approximate surface area is 345 Å². The lowest BCUT2D eigenvalue weighted by Gasteiger charge is -2.50. The number of benzene rings is 3. The molecule has 0 radical (unpaired) electrons. The van der Waals surface area contributed by atoms with Crippen molar-refractivity contribution in [2.75, 3.05) is 13.2 Å². The maximum atomic E-state index is 15.5. The van der Waals surface area contributed by atoms with Crippen LogP contribution in [0.3, 0.4) is 0 Å². The monoisotopic (exact) mass is 893 g/mol. The van der Waals surface area contributed by atoms with Crippen molar-refractivity contribution in [2.45, 2.75) is 113 Å². The lowest BCUT2D eigenvalue weighted by atomic mass is 9.62. The molecule has 5 aliphatic rings. The number of aliphatic hydroxyl groups is 1. The Balaban J connectivity index is 1.14. The number of amides is 2. The minimum Gasteiger partial charge on any atom is -0.460 e. The van der Waals surface area contributed by atoms with Crippen LogP contribution >= 0.6 is 22.6 Å². The van der Waals surface area contributed by atoms with Crippen LogP contribution in [0.2, 0.25) is 0 Å². The van der Waals surface area contributed by atoms with Crippen LogP contribution < -0.4 is 5.32 Å². The fourth-order valence-electron chi connectivity index (χ4n) is 9.20. The highest BCUT2D eigenvalue weighted by Crippen LogP contribution is 2.60. The molecule has 13 nitrogen and oxygen atoms in total. The summed E-state index contributed by atoms with van der Waals surface area (Å²) >= 11 is 2.24. The van der Waals surface area contributed by atoms with E-state index in [-0.39, 0.29) is 32.4 Å². The second kappa shape index (κ2) is 15.7. The molecule has 2 N–H and O–H groups in total. The SMILES string of the molecule is CC(C)(C)OC(=O)CC[C@@H](CO)NC(=O)[C@H]1CCCN1C(=O)[C@@]12C[C@H]3OC(=O)[C@@H]1N(Cc1ccccc1I)O[C@@H]2[C@H]1OC(c2ccccc2)(c2ccccc2)O[C@H]13. The highest BCUT2D eigenvalue weighted by atomic mass is 127. The zero-order valence-corrected chi connectivity index (χ0v) is 34.3. The van der Waals surface area contributed by atoms with E-state index < -0.39 is 89.7 Å². The molecule has 2 bridgehead atoms. The van der Waals surface area contributed by atoms with Gasteiger partial charge in [0.2, 0.25) is 17.6 Å². The molecule has 0 unspecified atom stereocenters. The van der Waals surface area contributed by atoms with Gasteiger partial charge in [-0.2, -0.15) is 5.06 Å². The number of carbonyl (C=O) groups excluding carboxylic acids is 4. The number of halogens is 1. The van der Waals surface area contributed by atoms with Gasteiger partial charge in [0.05, 0.1) is 19.2 Å². The predicted molar refractivity (Wildman–Crippen MR) is 213 cm³/mol. The number of nitrogens with zero attached hydrogens (tertiary/aromatic N) is 2. The number of hydrogen-bond acceptors (Lipinski definition) is 11. The average molecular weight is 894 g/mol. The number of likely N-dealkylation sites (tertiary alicyclic amines) is 1. The number of esters is 2. The third kappa shape index (κ3) is 7.26. The number of nitrogens with one attached hydrogen (secondary N) is 1. The maximum absolute atomic E-state index is 15.5. The van der Waals surface area contributed by atoms with E-state index in [4.69, 9.17) is 23.8 Å². The summed E-state index contributed by atoms with van der Waals surface area (Å²) in [6.07, 6.45) is -2.30. The number of hydrogen-bond donors (Lipinski definition) is 2. The van der Waals surface area contributed by atoms with E-state index in [9.17, 15) is 19.5 Å². The van der Waals surface area contributed by atoms with Crippen LogP contribution in [0.1, 0.15) is 69.6 Å². The van der Waals surface area contributed by atoms with Gasteiger partial charge in [-0.15, -0.1) is 0 Å². The van der Waals surface area contributed by atoms with E-state index in [0.717, 1.165) is 20.3 Å². The van der Waals surface area contributed by atoms with Crippen molar-refractivity contribution in [3.63, 3.8) is 0 Å². The van der Waals surface area contributed by atoms with Gasteiger partial charge in [0, 0.05) is 34.1 Å². The molecule has 4 heterocycles. The van der Waals surface area contributed by atoms with E-state index >= 15 is 4.79 Å². The number of rotatable bonds is 11. The quantitative estimate of drug-likeness (QED) is 0.209. The van der Waals surface area contributed by atoms with Gasteiger partial charge in [-0.25, -0.2) is 0 Å². The fourth-order valence-corrected chi connectivity index (χ4v) is 9.76. The van der Waals surface area contributed by atoms with Gasteiger partial charge in [-0.3, -0.25) is 24.0 Å². The molecule has 14 heteroatoms. The minimum atomic E-state index is -1.50. The fraction of sp³-hybridized carbons (Fsp3) is 0.488. The van der Waals surface area contributed by atoms with Crippen molar-refractivity contribution in [3.8, 4) is 0 Å². The molecule has 57 heavy (non-hydrogen) atoms. The maximum Gasteiger partial charge on any atom is 0.327 e. The molecule has 4 aliphatic heterocycles. The lowest BCUT2D eigenvalue weighted by molar-refractivity contribution is -0.214. The molecule has 2 amide bonds. The molecular formula is C43H48IN3O10. The van der Waals surface area contributed by atoms with Crippen LogP contribution in [0.15, 0.2) is 84.9 Å². The molecule has 0 aromatic heterocycles. The third-order valence-corrected chi connectivity index (χ3v) is 12.7. The number of aliphatic hydroxyl groups excluding tert-OH is 1. The van der Waals surface area contributed by atoms with Crippen LogP contribution in [0.5, 0.6) is 0 Å². The smallest absolute Gasteiger partial charge is 0.327 e. The van der Waals surface area contributed by atoms with Crippen LogP contribution in [0.4, 0.5) is 0 Å². The minimum absolute atomic E-state index is 0.00232. The molecule has 8 atom stereocenters. The highest BCUT2D eigenvalue weighted by molar-refractivity contribution is 14.1. The molecule has 3 aromatic carbocycles. The van der Waals surface area contributed by atoms with Gasteiger partial charge in [0.15, 0.2) is 6.04 Å². The van der Waals surface area contributed by atoms with E-state index in [2.05, 4.69) is 27.9 Å². The van der Waals surface area contributed by atoms with Gasteiger partial charge in [-0.1, -0.05) is 78.9 Å². The Kier molecular flexibility index (Phi) is 11.0. The number of carbonyl (C=O) groups is 4. The van der Waals surface area contributed by atoms with E-state index in [1.54, 1.807) is 30.7 Å². The van der Waals surface area contributed by atoms with Crippen molar-refractivity contribution < 1.29 is 48.1 Å². The first kappa shape index (κ1) is 39.9. The molecule has 1 aliphatic carbocycles. The van der Waals surface area contributed by atoms with Crippen molar-refractivity contribution in [3.05, 3.63) is 105 Å². The molecular weight excluding hydrogens is 845 g/mol. The van der Waals surface area contributed by atoms with Crippen molar-refractivity contribution >= 4 is 46.3 Å². The summed E-state index contributed by atoms with van der Waals surface area (Å²) in [5.41, 5.74) is 0.208.